The van der Waals surface area contributed by atoms with Gasteiger partial charge in [0.05, 0.1) is 6.10 Å². The molecule has 2 unspecified atom stereocenters. The molecule has 2 atom stereocenters. The highest BCUT2D eigenvalue weighted by Gasteiger charge is 2.24. The van der Waals surface area contributed by atoms with Gasteiger partial charge in [0.2, 0.25) is 0 Å². The summed E-state index contributed by atoms with van der Waals surface area (Å²) in [5, 5.41) is 3.54. The lowest BCUT2D eigenvalue weighted by Gasteiger charge is -2.31. The minimum atomic E-state index is 0.272. The summed E-state index contributed by atoms with van der Waals surface area (Å²) in [5.41, 5.74) is 4.04. The van der Waals surface area contributed by atoms with Crippen LogP contribution in [0.15, 0.2) is 18.2 Å². The van der Waals surface area contributed by atoms with Crippen molar-refractivity contribution in [2.75, 3.05) is 13.2 Å². The van der Waals surface area contributed by atoms with Gasteiger partial charge < -0.3 is 10.1 Å². The summed E-state index contributed by atoms with van der Waals surface area (Å²) < 4.78 is 5.92. The molecule has 1 heterocycles. The van der Waals surface area contributed by atoms with Crippen LogP contribution < -0.4 is 5.32 Å². The normalized spacial score (nSPS) is 24.9. The van der Waals surface area contributed by atoms with Crippen LogP contribution in [0, 0.1) is 13.8 Å². The molecular weight excluding hydrogens is 210 g/mol. The molecule has 1 fully saturated rings. The van der Waals surface area contributed by atoms with Crippen LogP contribution in [0.5, 0.6) is 0 Å². The van der Waals surface area contributed by atoms with Crippen LogP contribution in [0.3, 0.4) is 0 Å². The van der Waals surface area contributed by atoms with Crippen molar-refractivity contribution in [3.05, 3.63) is 34.9 Å². The van der Waals surface area contributed by atoms with Gasteiger partial charge in [0.25, 0.3) is 0 Å². The molecule has 2 rings (SSSR count). The third kappa shape index (κ3) is 3.08. The maximum atomic E-state index is 5.92. The highest BCUT2D eigenvalue weighted by molar-refractivity contribution is 5.32. The molecule has 0 aromatic heterocycles. The van der Waals surface area contributed by atoms with Gasteiger partial charge in [-0.3, -0.25) is 0 Å². The molecule has 94 valence electrons. The van der Waals surface area contributed by atoms with Crippen molar-refractivity contribution in [1.29, 1.82) is 0 Å². The van der Waals surface area contributed by atoms with E-state index in [2.05, 4.69) is 44.3 Å². The van der Waals surface area contributed by atoms with E-state index in [-0.39, 0.29) is 6.10 Å². The zero-order chi connectivity index (χ0) is 12.3. The van der Waals surface area contributed by atoms with Crippen LogP contribution in [0.1, 0.15) is 42.6 Å². The quantitative estimate of drug-likeness (QED) is 0.866. The lowest BCUT2D eigenvalue weighted by molar-refractivity contribution is 0.000251. The lowest BCUT2D eigenvalue weighted by atomic mass is 9.93. The van der Waals surface area contributed by atoms with Crippen LogP contribution in [0.25, 0.3) is 0 Å². The van der Waals surface area contributed by atoms with Gasteiger partial charge in [-0.05, 0) is 44.4 Å². The first-order chi connectivity index (χ1) is 8.20. The maximum Gasteiger partial charge on any atom is 0.0842 e. The summed E-state index contributed by atoms with van der Waals surface area (Å²) in [5.74, 6) is 0. The van der Waals surface area contributed by atoms with Gasteiger partial charge in [0, 0.05) is 12.6 Å². The van der Waals surface area contributed by atoms with Gasteiger partial charge in [-0.15, -0.1) is 0 Å². The molecule has 0 radical (unpaired) electrons. The summed E-state index contributed by atoms with van der Waals surface area (Å²) in [6.07, 6.45) is 2.50. The van der Waals surface area contributed by atoms with Gasteiger partial charge >= 0.3 is 0 Å². The highest BCUT2D eigenvalue weighted by atomic mass is 16.5. The fraction of sp³-hybridized carbons (Fsp3) is 0.600. The summed E-state index contributed by atoms with van der Waals surface area (Å²) in [6.45, 7) is 8.41. The first kappa shape index (κ1) is 12.6. The molecule has 1 N–H and O–H groups in total. The van der Waals surface area contributed by atoms with E-state index in [1.165, 1.54) is 16.7 Å². The Morgan fingerprint density at radius 2 is 2.18 bits per heavy atom. The maximum absolute atomic E-state index is 5.92. The number of ether oxygens (including phenoxy) is 1. The monoisotopic (exact) mass is 233 g/mol. The minimum Gasteiger partial charge on any atom is -0.373 e. The van der Waals surface area contributed by atoms with Crippen LogP contribution >= 0.6 is 0 Å². The van der Waals surface area contributed by atoms with Crippen LogP contribution in [0.2, 0.25) is 0 Å². The molecule has 0 spiro atoms. The summed E-state index contributed by atoms with van der Waals surface area (Å²) in [7, 11) is 0. The highest BCUT2D eigenvalue weighted by Crippen LogP contribution is 2.30. The Hall–Kier alpha value is -0.860. The summed E-state index contributed by atoms with van der Waals surface area (Å²) >= 11 is 0. The predicted molar refractivity (Wildman–Crippen MR) is 71.3 cm³/mol. The molecule has 1 aromatic rings. The Bertz CT molecular complexity index is 373. The van der Waals surface area contributed by atoms with Crippen molar-refractivity contribution in [2.24, 2.45) is 0 Å². The standard InChI is InChI=1S/C15H23NO/c1-4-16-13-7-8-17-15(10-13)14-6-5-11(2)9-12(14)3/h5-6,9,13,15-16H,4,7-8,10H2,1-3H3. The summed E-state index contributed by atoms with van der Waals surface area (Å²) in [4.78, 5) is 0. The fourth-order valence-corrected chi connectivity index (χ4v) is 2.67. The van der Waals surface area contributed by atoms with Gasteiger partial charge in [-0.1, -0.05) is 30.7 Å². The topological polar surface area (TPSA) is 21.3 Å². The van der Waals surface area contributed by atoms with Gasteiger partial charge in [-0.2, -0.15) is 0 Å². The molecular formula is C15H23NO. The molecule has 17 heavy (non-hydrogen) atoms. The van der Waals surface area contributed by atoms with E-state index in [1.807, 2.05) is 0 Å². The first-order valence-corrected chi connectivity index (χ1v) is 6.63. The molecule has 1 aliphatic heterocycles. The van der Waals surface area contributed by atoms with E-state index >= 15 is 0 Å². The number of hydrogen-bond donors (Lipinski definition) is 1. The van der Waals surface area contributed by atoms with E-state index in [9.17, 15) is 0 Å². The second-order valence-corrected chi connectivity index (χ2v) is 5.00. The van der Waals surface area contributed by atoms with E-state index in [0.717, 1.165) is 26.0 Å². The van der Waals surface area contributed by atoms with E-state index in [0.29, 0.717) is 6.04 Å². The molecule has 1 saturated heterocycles. The molecule has 0 aliphatic carbocycles. The Balaban J connectivity index is 2.10. The van der Waals surface area contributed by atoms with Crippen LogP contribution in [-0.2, 0) is 4.74 Å². The van der Waals surface area contributed by atoms with Gasteiger partial charge in [0.1, 0.15) is 0 Å². The average Bonchev–Trinajstić information content (AvgIpc) is 2.29. The number of hydrogen-bond acceptors (Lipinski definition) is 2. The number of rotatable bonds is 3. The third-order valence-corrected chi connectivity index (χ3v) is 3.55. The fourth-order valence-electron chi connectivity index (χ4n) is 2.67. The minimum absolute atomic E-state index is 0.272. The van der Waals surface area contributed by atoms with Crippen molar-refractivity contribution in [2.45, 2.75) is 45.8 Å². The van der Waals surface area contributed by atoms with E-state index < -0.39 is 0 Å². The van der Waals surface area contributed by atoms with Crippen molar-refractivity contribution in [3.63, 3.8) is 0 Å². The number of aryl methyl sites for hydroxylation is 2. The Kier molecular flexibility index (Phi) is 4.19. The van der Waals surface area contributed by atoms with Crippen molar-refractivity contribution >= 4 is 0 Å². The smallest absolute Gasteiger partial charge is 0.0842 e. The van der Waals surface area contributed by atoms with Crippen molar-refractivity contribution < 1.29 is 4.74 Å². The number of benzene rings is 1. The molecule has 1 aromatic carbocycles. The SMILES string of the molecule is CCNC1CCOC(c2ccc(C)cc2C)C1. The Morgan fingerprint density at radius 3 is 2.88 bits per heavy atom. The molecule has 2 nitrogen and oxygen atoms in total. The van der Waals surface area contributed by atoms with Crippen molar-refractivity contribution in [1.82, 2.24) is 5.32 Å². The third-order valence-electron chi connectivity index (χ3n) is 3.55. The Labute approximate surface area is 104 Å². The van der Waals surface area contributed by atoms with Crippen LogP contribution in [-0.4, -0.2) is 19.2 Å². The molecule has 0 bridgehead atoms. The first-order valence-electron chi connectivity index (χ1n) is 6.63. The molecule has 2 heteroatoms. The molecule has 0 saturated carbocycles. The largest absolute Gasteiger partial charge is 0.373 e. The average molecular weight is 233 g/mol. The van der Waals surface area contributed by atoms with Crippen molar-refractivity contribution in [3.8, 4) is 0 Å². The summed E-state index contributed by atoms with van der Waals surface area (Å²) in [6, 6.07) is 7.27. The predicted octanol–water partition coefficient (Wildman–Crippen LogP) is 3.13. The van der Waals surface area contributed by atoms with E-state index in [4.69, 9.17) is 4.74 Å². The zero-order valence-electron chi connectivity index (χ0n) is 11.1. The van der Waals surface area contributed by atoms with Crippen LogP contribution in [0.4, 0.5) is 0 Å². The second-order valence-electron chi connectivity index (χ2n) is 5.00. The second kappa shape index (κ2) is 5.65. The van der Waals surface area contributed by atoms with Gasteiger partial charge in [-0.25, -0.2) is 0 Å². The van der Waals surface area contributed by atoms with Gasteiger partial charge in [0.15, 0.2) is 0 Å². The lowest BCUT2D eigenvalue weighted by Crippen LogP contribution is -2.36. The number of nitrogens with one attached hydrogen (secondary N) is 1. The Morgan fingerprint density at radius 1 is 1.35 bits per heavy atom. The zero-order valence-corrected chi connectivity index (χ0v) is 11.1. The van der Waals surface area contributed by atoms with E-state index in [1.54, 1.807) is 0 Å². The molecule has 1 aliphatic rings. The molecule has 0 amide bonds.